The van der Waals surface area contributed by atoms with Crippen LogP contribution in [0.5, 0.6) is 0 Å². The molecule has 2 aliphatic heterocycles. The first-order valence-electron chi connectivity index (χ1n) is 4.06. The summed E-state index contributed by atoms with van der Waals surface area (Å²) in [5.74, 6) is 0. The van der Waals surface area contributed by atoms with Gasteiger partial charge < -0.3 is 0 Å². The first-order valence-corrected chi connectivity index (χ1v) is 7.01. The summed E-state index contributed by atoms with van der Waals surface area (Å²) in [5, 5.41) is 0. The first kappa shape index (κ1) is 9.80. The third kappa shape index (κ3) is 0.531. The number of hydrogen-bond acceptors (Lipinski definition) is 2. The Kier molecular flexibility index (Phi) is 1.46. The van der Waals surface area contributed by atoms with E-state index in [0.29, 0.717) is 0 Å². The van der Waals surface area contributed by atoms with Gasteiger partial charge in [0.1, 0.15) is 0 Å². The Balaban J connectivity index is 2.51. The van der Waals surface area contributed by atoms with Crippen LogP contribution in [0.4, 0.5) is 9.59 Å². The van der Waals surface area contributed by atoms with E-state index < -0.39 is 6.56 Å². The van der Waals surface area contributed by atoms with Crippen LogP contribution in [-0.2, 0) is 0 Å². The molecule has 0 atom stereocenters. The normalized spacial score (nSPS) is 31.1. The number of rotatable bonds is 0. The molecule has 2 aliphatic rings. The van der Waals surface area contributed by atoms with Gasteiger partial charge in [-0.2, -0.15) is 0 Å². The minimum atomic E-state index is -3.20. The topological polar surface area (TPSA) is 47.1 Å². The molecule has 0 bridgehead atoms. The number of amides is 4. The molecule has 1 spiro atoms. The Bertz CT molecular complexity index is 298. The monoisotopic (exact) mass is 238 g/mol. The molecule has 0 aromatic rings. The van der Waals surface area contributed by atoms with Gasteiger partial charge in [-0.05, 0) is 0 Å². The molecule has 0 aliphatic carbocycles. The van der Waals surface area contributed by atoms with E-state index in [4.69, 9.17) is 11.2 Å². The Labute approximate surface area is 86.9 Å². The van der Waals surface area contributed by atoms with E-state index in [1.165, 1.54) is 18.7 Å². The van der Waals surface area contributed by atoms with Crippen LogP contribution >= 0.6 is 17.8 Å². The molecule has 14 heavy (non-hydrogen) atoms. The molecule has 8 heteroatoms. The van der Waals surface area contributed by atoms with Crippen molar-refractivity contribution < 1.29 is 9.59 Å². The number of hydrogen-bond donors (Lipinski definition) is 0. The summed E-state index contributed by atoms with van der Waals surface area (Å²) in [7, 11) is 6.47. The molecular formula is C6H12ClN4O2P. The Morgan fingerprint density at radius 2 is 1.07 bits per heavy atom. The van der Waals surface area contributed by atoms with Crippen LogP contribution in [0.2, 0.25) is 0 Å². The van der Waals surface area contributed by atoms with Gasteiger partial charge in [0.05, 0.1) is 0 Å². The quantitative estimate of drug-likeness (QED) is 0.598. The summed E-state index contributed by atoms with van der Waals surface area (Å²) in [6, 6.07) is -0.326. The van der Waals surface area contributed by atoms with E-state index in [-0.39, 0.29) is 12.1 Å². The van der Waals surface area contributed by atoms with Crippen molar-refractivity contribution in [3.63, 3.8) is 0 Å². The molecule has 2 fully saturated rings. The average molecular weight is 239 g/mol. The van der Waals surface area contributed by atoms with E-state index in [0.717, 1.165) is 0 Å². The Morgan fingerprint density at radius 1 is 0.857 bits per heavy atom. The zero-order chi connectivity index (χ0) is 10.9. The van der Waals surface area contributed by atoms with E-state index in [1.807, 2.05) is 0 Å². The van der Waals surface area contributed by atoms with E-state index in [1.54, 1.807) is 28.2 Å². The second-order valence-electron chi connectivity index (χ2n) is 3.50. The molecule has 4 amide bonds. The Morgan fingerprint density at radius 3 is 1.29 bits per heavy atom. The molecule has 0 unspecified atom stereocenters. The van der Waals surface area contributed by atoms with Gasteiger partial charge in [0.25, 0.3) is 0 Å². The standard InChI is InChI=1S/C6H12ClN4O2P/c1-8-5(12)9(2)14(8,7)10(3)6(13)11(14)4/h1-4H3. The summed E-state index contributed by atoms with van der Waals surface area (Å²) >= 11 is 6.52. The fourth-order valence-corrected chi connectivity index (χ4v) is 6.79. The fourth-order valence-electron chi connectivity index (χ4n) is 2.14. The Hall–Kier alpha value is -0.740. The molecule has 2 rings (SSSR count). The molecular weight excluding hydrogens is 227 g/mol. The maximum absolute atomic E-state index is 11.4. The van der Waals surface area contributed by atoms with Crippen LogP contribution in [0.15, 0.2) is 0 Å². The number of carbonyl (C=O) groups is 2. The summed E-state index contributed by atoms with van der Waals surface area (Å²) in [5.41, 5.74) is 0. The molecule has 0 saturated carbocycles. The third-order valence-corrected chi connectivity index (χ3v) is 10.7. The van der Waals surface area contributed by atoms with Crippen LogP contribution in [0.3, 0.4) is 0 Å². The number of carbonyl (C=O) groups excluding carboxylic acids is 2. The SMILES string of the molecule is CN1C(=O)N(C)P12(Cl)N(C)C(=O)N2C. The van der Waals surface area contributed by atoms with E-state index in [9.17, 15) is 9.59 Å². The fraction of sp³-hybridized carbons (Fsp3) is 0.667. The minimum absolute atomic E-state index is 0.163. The van der Waals surface area contributed by atoms with Crippen LogP contribution in [0.25, 0.3) is 0 Å². The predicted octanol–water partition coefficient (Wildman–Crippen LogP) is 1.35. The van der Waals surface area contributed by atoms with Crippen molar-refractivity contribution in [2.24, 2.45) is 0 Å². The summed E-state index contributed by atoms with van der Waals surface area (Å²) in [6.07, 6.45) is 0. The van der Waals surface area contributed by atoms with E-state index >= 15 is 0 Å². The van der Waals surface area contributed by atoms with Gasteiger partial charge in [-0.3, -0.25) is 0 Å². The van der Waals surface area contributed by atoms with Crippen LogP contribution in [0, 0.1) is 0 Å². The van der Waals surface area contributed by atoms with Gasteiger partial charge in [-0.25, -0.2) is 0 Å². The third-order valence-electron chi connectivity index (χ3n) is 3.17. The van der Waals surface area contributed by atoms with Gasteiger partial charge in [0, 0.05) is 0 Å². The van der Waals surface area contributed by atoms with E-state index in [2.05, 4.69) is 0 Å². The summed E-state index contributed by atoms with van der Waals surface area (Å²) in [6.45, 7) is -3.20. The van der Waals surface area contributed by atoms with Gasteiger partial charge in [-0.1, -0.05) is 0 Å². The van der Waals surface area contributed by atoms with Crippen molar-refractivity contribution in [1.29, 1.82) is 0 Å². The zero-order valence-electron chi connectivity index (χ0n) is 8.43. The number of nitrogens with zero attached hydrogens (tertiary/aromatic N) is 4. The van der Waals surface area contributed by atoms with Crippen molar-refractivity contribution in [3.8, 4) is 0 Å². The van der Waals surface area contributed by atoms with Crippen molar-refractivity contribution in [1.82, 2.24) is 18.7 Å². The van der Waals surface area contributed by atoms with Crippen molar-refractivity contribution in [2.75, 3.05) is 28.2 Å². The average Bonchev–Trinajstić information content (AvgIpc) is 2.23. The molecule has 0 N–H and O–H groups in total. The van der Waals surface area contributed by atoms with Crippen molar-refractivity contribution >= 4 is 29.9 Å². The number of halogens is 1. The second kappa shape index (κ2) is 2.09. The molecule has 0 aromatic heterocycles. The zero-order valence-corrected chi connectivity index (χ0v) is 10.1. The van der Waals surface area contributed by atoms with Gasteiger partial charge >= 0.3 is 86.3 Å². The predicted molar refractivity (Wildman–Crippen MR) is 54.6 cm³/mol. The van der Waals surface area contributed by atoms with Crippen LogP contribution in [0.1, 0.15) is 0 Å². The molecule has 2 heterocycles. The maximum atomic E-state index is 11.4. The first-order chi connectivity index (χ1) is 6.28. The molecule has 0 aromatic carbocycles. The molecule has 0 radical (unpaired) electrons. The van der Waals surface area contributed by atoms with Gasteiger partial charge in [0.15, 0.2) is 0 Å². The molecule has 6 nitrogen and oxygen atoms in total. The van der Waals surface area contributed by atoms with Gasteiger partial charge in [0.2, 0.25) is 0 Å². The summed E-state index contributed by atoms with van der Waals surface area (Å²) in [4.78, 5) is 22.8. The van der Waals surface area contributed by atoms with Crippen molar-refractivity contribution in [3.05, 3.63) is 0 Å². The summed E-state index contributed by atoms with van der Waals surface area (Å²) < 4.78 is 5.81. The number of urea groups is 2. The second-order valence-corrected chi connectivity index (χ2v) is 9.39. The van der Waals surface area contributed by atoms with Crippen molar-refractivity contribution in [2.45, 2.75) is 0 Å². The van der Waals surface area contributed by atoms with Crippen LogP contribution in [-0.4, -0.2) is 58.9 Å². The molecule has 80 valence electrons. The van der Waals surface area contributed by atoms with Crippen LogP contribution < -0.4 is 0 Å². The molecule has 2 saturated heterocycles. The van der Waals surface area contributed by atoms with Gasteiger partial charge in [-0.15, -0.1) is 0 Å².